The van der Waals surface area contributed by atoms with Crippen molar-refractivity contribution in [2.24, 2.45) is 0 Å². The fourth-order valence-corrected chi connectivity index (χ4v) is 1.83. The highest BCUT2D eigenvalue weighted by Crippen LogP contribution is 2.24. The first-order chi connectivity index (χ1) is 9.19. The Morgan fingerprint density at radius 1 is 1.16 bits per heavy atom. The average molecular weight is 267 g/mol. The van der Waals surface area contributed by atoms with E-state index in [0.29, 0.717) is 19.8 Å². The molecule has 0 bridgehead atoms. The van der Waals surface area contributed by atoms with Gasteiger partial charge in [0.2, 0.25) is 0 Å². The summed E-state index contributed by atoms with van der Waals surface area (Å²) in [7, 11) is 3.61. The number of para-hydroxylation sites is 1. The molecule has 0 fully saturated rings. The summed E-state index contributed by atoms with van der Waals surface area (Å²) >= 11 is 0. The largest absolute Gasteiger partial charge is 0.496 e. The van der Waals surface area contributed by atoms with E-state index in [1.54, 1.807) is 7.11 Å². The highest BCUT2D eigenvalue weighted by molar-refractivity contribution is 5.35. The van der Waals surface area contributed by atoms with Gasteiger partial charge in [-0.1, -0.05) is 18.2 Å². The zero-order valence-electron chi connectivity index (χ0n) is 12.3. The van der Waals surface area contributed by atoms with E-state index in [1.807, 2.05) is 45.2 Å². The Morgan fingerprint density at radius 3 is 2.53 bits per heavy atom. The quantitative estimate of drug-likeness (QED) is 0.697. The minimum absolute atomic E-state index is 0.121. The van der Waals surface area contributed by atoms with Crippen LogP contribution in [0.25, 0.3) is 0 Å². The van der Waals surface area contributed by atoms with Gasteiger partial charge in [0.25, 0.3) is 0 Å². The van der Waals surface area contributed by atoms with Crippen LogP contribution in [0.1, 0.15) is 25.5 Å². The van der Waals surface area contributed by atoms with E-state index in [2.05, 4.69) is 5.32 Å². The van der Waals surface area contributed by atoms with Crippen molar-refractivity contribution >= 4 is 0 Å². The molecule has 0 aromatic heterocycles. The highest BCUT2D eigenvalue weighted by atomic mass is 16.5. The first-order valence-corrected chi connectivity index (χ1v) is 6.68. The van der Waals surface area contributed by atoms with Gasteiger partial charge in [0.1, 0.15) is 5.75 Å². The Kier molecular flexibility index (Phi) is 7.48. The molecule has 4 nitrogen and oxygen atoms in total. The topological polar surface area (TPSA) is 39.7 Å². The normalized spacial score (nSPS) is 12.7. The van der Waals surface area contributed by atoms with Gasteiger partial charge in [-0.25, -0.2) is 0 Å². The third kappa shape index (κ3) is 5.59. The third-order valence-corrected chi connectivity index (χ3v) is 2.83. The van der Waals surface area contributed by atoms with Crippen LogP contribution in [0.3, 0.4) is 0 Å². The number of likely N-dealkylation sites (N-methyl/N-ethyl adjacent to an activating group) is 1. The van der Waals surface area contributed by atoms with Gasteiger partial charge in [-0.15, -0.1) is 0 Å². The Labute approximate surface area is 116 Å². The summed E-state index contributed by atoms with van der Waals surface area (Å²) in [5.74, 6) is 0.879. The first kappa shape index (κ1) is 16.0. The molecule has 1 N–H and O–H groups in total. The molecule has 1 aromatic rings. The van der Waals surface area contributed by atoms with Gasteiger partial charge in [0.15, 0.2) is 0 Å². The maximum atomic E-state index is 5.65. The molecular formula is C15H25NO3. The number of rotatable bonds is 9. The third-order valence-electron chi connectivity index (χ3n) is 2.83. The van der Waals surface area contributed by atoms with Crippen molar-refractivity contribution < 1.29 is 14.2 Å². The second kappa shape index (κ2) is 8.91. The van der Waals surface area contributed by atoms with Crippen LogP contribution >= 0.6 is 0 Å². The molecule has 0 aliphatic rings. The van der Waals surface area contributed by atoms with Gasteiger partial charge in [-0.05, 0) is 27.0 Å². The van der Waals surface area contributed by atoms with E-state index in [-0.39, 0.29) is 12.1 Å². The van der Waals surface area contributed by atoms with Gasteiger partial charge in [0, 0.05) is 5.56 Å². The summed E-state index contributed by atoms with van der Waals surface area (Å²) in [4.78, 5) is 0. The zero-order chi connectivity index (χ0) is 14.1. The van der Waals surface area contributed by atoms with Crippen LogP contribution in [0.4, 0.5) is 0 Å². The molecule has 19 heavy (non-hydrogen) atoms. The highest BCUT2D eigenvalue weighted by Gasteiger charge is 2.13. The number of hydrogen-bond donors (Lipinski definition) is 1. The number of hydrogen-bond acceptors (Lipinski definition) is 4. The number of benzene rings is 1. The lowest BCUT2D eigenvalue weighted by atomic mass is 10.1. The number of nitrogens with one attached hydrogen (secondary N) is 1. The van der Waals surface area contributed by atoms with E-state index >= 15 is 0 Å². The fourth-order valence-electron chi connectivity index (χ4n) is 1.83. The minimum Gasteiger partial charge on any atom is -0.496 e. The van der Waals surface area contributed by atoms with Gasteiger partial charge in [0.05, 0.1) is 39.1 Å². The van der Waals surface area contributed by atoms with Crippen LogP contribution in [-0.2, 0) is 9.47 Å². The van der Waals surface area contributed by atoms with Crippen LogP contribution in [0.15, 0.2) is 24.3 Å². The summed E-state index contributed by atoms with van der Waals surface area (Å²) < 4.78 is 16.5. The van der Waals surface area contributed by atoms with Crippen LogP contribution in [0.5, 0.6) is 5.75 Å². The van der Waals surface area contributed by atoms with Crippen molar-refractivity contribution in [1.29, 1.82) is 0 Å². The predicted octanol–water partition coefficient (Wildman–Crippen LogP) is 2.40. The average Bonchev–Trinajstić information content (AvgIpc) is 2.42. The van der Waals surface area contributed by atoms with Crippen molar-refractivity contribution in [2.75, 3.05) is 34.0 Å². The Balaban J connectivity index is 2.44. The van der Waals surface area contributed by atoms with E-state index in [4.69, 9.17) is 14.2 Å². The molecule has 1 unspecified atom stereocenters. The molecule has 108 valence electrons. The monoisotopic (exact) mass is 267 g/mol. The molecule has 0 amide bonds. The summed E-state index contributed by atoms with van der Waals surface area (Å²) in [6.45, 7) is 5.86. The molecular weight excluding hydrogens is 242 g/mol. The summed E-state index contributed by atoms with van der Waals surface area (Å²) in [6, 6.07) is 8.10. The molecule has 0 saturated heterocycles. The molecule has 0 saturated carbocycles. The lowest BCUT2D eigenvalue weighted by Crippen LogP contribution is -2.23. The van der Waals surface area contributed by atoms with Gasteiger partial charge >= 0.3 is 0 Å². The number of methoxy groups -OCH3 is 1. The van der Waals surface area contributed by atoms with Crippen LogP contribution < -0.4 is 10.1 Å². The molecule has 0 heterocycles. The zero-order valence-corrected chi connectivity index (χ0v) is 12.3. The SMILES string of the molecule is CNC(COCCOC(C)C)c1ccccc1OC. The van der Waals surface area contributed by atoms with Gasteiger partial charge in [-0.3, -0.25) is 0 Å². The van der Waals surface area contributed by atoms with E-state index in [0.717, 1.165) is 11.3 Å². The molecule has 1 atom stereocenters. The molecule has 0 aliphatic carbocycles. The second-order valence-corrected chi connectivity index (χ2v) is 4.58. The molecule has 1 aromatic carbocycles. The summed E-state index contributed by atoms with van der Waals surface area (Å²) in [6.07, 6.45) is 0.248. The summed E-state index contributed by atoms with van der Waals surface area (Å²) in [5.41, 5.74) is 1.11. The maximum absolute atomic E-state index is 5.65. The van der Waals surface area contributed by atoms with Gasteiger partial charge in [-0.2, -0.15) is 0 Å². The fraction of sp³-hybridized carbons (Fsp3) is 0.600. The van der Waals surface area contributed by atoms with E-state index in [9.17, 15) is 0 Å². The van der Waals surface area contributed by atoms with Crippen molar-refractivity contribution in [3.63, 3.8) is 0 Å². The Morgan fingerprint density at radius 2 is 1.89 bits per heavy atom. The van der Waals surface area contributed by atoms with Crippen LogP contribution in [0.2, 0.25) is 0 Å². The van der Waals surface area contributed by atoms with E-state index < -0.39 is 0 Å². The second-order valence-electron chi connectivity index (χ2n) is 4.58. The molecule has 0 radical (unpaired) electrons. The maximum Gasteiger partial charge on any atom is 0.123 e. The van der Waals surface area contributed by atoms with Crippen molar-refractivity contribution in [3.05, 3.63) is 29.8 Å². The smallest absolute Gasteiger partial charge is 0.123 e. The number of ether oxygens (including phenoxy) is 3. The van der Waals surface area contributed by atoms with E-state index in [1.165, 1.54) is 0 Å². The first-order valence-electron chi connectivity index (χ1n) is 6.68. The van der Waals surface area contributed by atoms with Crippen LogP contribution in [-0.4, -0.2) is 40.1 Å². The molecule has 0 spiro atoms. The van der Waals surface area contributed by atoms with Crippen molar-refractivity contribution in [2.45, 2.75) is 26.0 Å². The van der Waals surface area contributed by atoms with Crippen LogP contribution in [0, 0.1) is 0 Å². The lowest BCUT2D eigenvalue weighted by Gasteiger charge is -2.19. The van der Waals surface area contributed by atoms with Crippen molar-refractivity contribution in [1.82, 2.24) is 5.32 Å². The van der Waals surface area contributed by atoms with Gasteiger partial charge < -0.3 is 19.5 Å². The molecule has 1 rings (SSSR count). The van der Waals surface area contributed by atoms with Crippen molar-refractivity contribution in [3.8, 4) is 5.75 Å². The summed E-state index contributed by atoms with van der Waals surface area (Å²) in [5, 5.41) is 3.25. The Bertz CT molecular complexity index is 355. The predicted molar refractivity (Wildman–Crippen MR) is 76.7 cm³/mol. The molecule has 4 heteroatoms. The minimum atomic E-state index is 0.121. The lowest BCUT2D eigenvalue weighted by molar-refractivity contribution is 0.0140. The standard InChI is InChI=1S/C15H25NO3/c1-12(2)19-10-9-18-11-14(16-3)13-7-5-6-8-15(13)17-4/h5-8,12,14,16H,9-11H2,1-4H3. The Hall–Kier alpha value is -1.10. The molecule has 0 aliphatic heterocycles.